The Labute approximate surface area is 86.1 Å². The van der Waals surface area contributed by atoms with Crippen molar-refractivity contribution in [2.45, 2.75) is 67.7 Å². The minimum atomic E-state index is 0.866. The van der Waals surface area contributed by atoms with Gasteiger partial charge in [0.2, 0.25) is 0 Å². The summed E-state index contributed by atoms with van der Waals surface area (Å²) in [5.74, 6) is 2.70. The van der Waals surface area contributed by atoms with Crippen LogP contribution in [0, 0.1) is 17.8 Å². The average Bonchev–Trinajstić information content (AvgIpc) is 2.16. The molecule has 0 saturated carbocycles. The Morgan fingerprint density at radius 2 is 1.08 bits per heavy atom. The highest BCUT2D eigenvalue weighted by Crippen LogP contribution is 2.11. The molecule has 0 amide bonds. The van der Waals surface area contributed by atoms with Gasteiger partial charge < -0.3 is 0 Å². The fourth-order valence-electron chi connectivity index (χ4n) is 0.760. The van der Waals surface area contributed by atoms with Crippen LogP contribution in [0.5, 0.6) is 0 Å². The molecule has 0 rings (SSSR count). The Bertz CT molecular complexity index is 80.0. The van der Waals surface area contributed by atoms with Gasteiger partial charge in [-0.3, -0.25) is 0 Å². The molecule has 0 fully saturated rings. The van der Waals surface area contributed by atoms with Crippen molar-refractivity contribution in [2.75, 3.05) is 0 Å². The molecule has 0 aliphatic heterocycles. The van der Waals surface area contributed by atoms with E-state index in [2.05, 4.69) is 48.5 Å². The van der Waals surface area contributed by atoms with Crippen LogP contribution in [0.3, 0.4) is 0 Å². The van der Waals surface area contributed by atoms with Crippen LogP contribution in [-0.2, 0) is 0 Å². The Morgan fingerprint density at radius 1 is 0.692 bits per heavy atom. The van der Waals surface area contributed by atoms with Crippen molar-refractivity contribution in [1.29, 1.82) is 0 Å². The van der Waals surface area contributed by atoms with Gasteiger partial charge in [0.05, 0.1) is 0 Å². The SMILES string of the molecule is CCC(C)C(C)C.CCC(C)CC. The molecule has 0 spiro atoms. The van der Waals surface area contributed by atoms with Gasteiger partial charge in [0, 0.05) is 0 Å². The van der Waals surface area contributed by atoms with E-state index in [0.717, 1.165) is 17.8 Å². The van der Waals surface area contributed by atoms with Crippen LogP contribution in [-0.4, -0.2) is 0 Å². The van der Waals surface area contributed by atoms with Gasteiger partial charge in [-0.25, -0.2) is 0 Å². The number of hydrogen-bond donors (Lipinski definition) is 0. The second-order valence-corrected chi connectivity index (χ2v) is 4.55. The molecular weight excluding hydrogens is 156 g/mol. The fraction of sp³-hybridized carbons (Fsp3) is 1.00. The topological polar surface area (TPSA) is 0 Å². The van der Waals surface area contributed by atoms with Crippen LogP contribution in [0.4, 0.5) is 0 Å². The molecule has 0 saturated heterocycles. The summed E-state index contributed by atoms with van der Waals surface area (Å²) in [6.07, 6.45) is 3.98. The zero-order chi connectivity index (χ0) is 10.9. The van der Waals surface area contributed by atoms with Crippen molar-refractivity contribution in [3.05, 3.63) is 0 Å². The lowest BCUT2D eigenvalue weighted by atomic mass is 9.96. The second-order valence-electron chi connectivity index (χ2n) is 4.55. The maximum absolute atomic E-state index is 2.30. The van der Waals surface area contributed by atoms with E-state index in [-0.39, 0.29) is 0 Å². The third-order valence-electron chi connectivity index (χ3n) is 3.18. The van der Waals surface area contributed by atoms with Crippen molar-refractivity contribution in [2.24, 2.45) is 17.8 Å². The van der Waals surface area contributed by atoms with E-state index in [9.17, 15) is 0 Å². The van der Waals surface area contributed by atoms with Crippen molar-refractivity contribution in [3.63, 3.8) is 0 Å². The summed E-state index contributed by atoms with van der Waals surface area (Å²) in [5, 5.41) is 0. The Balaban J connectivity index is 0. The minimum Gasteiger partial charge on any atom is -0.0651 e. The highest BCUT2D eigenvalue weighted by atomic mass is 14.1. The van der Waals surface area contributed by atoms with Gasteiger partial charge in [0.1, 0.15) is 0 Å². The normalized spacial score (nSPS) is 12.7. The summed E-state index contributed by atoms with van der Waals surface area (Å²) in [4.78, 5) is 0. The molecular formula is C13H30. The van der Waals surface area contributed by atoms with E-state index in [1.165, 1.54) is 19.3 Å². The fourth-order valence-corrected chi connectivity index (χ4v) is 0.760. The van der Waals surface area contributed by atoms with Crippen LogP contribution in [0.15, 0.2) is 0 Å². The summed E-state index contributed by atoms with van der Waals surface area (Å²) >= 11 is 0. The first-order chi connectivity index (χ1) is 5.99. The Hall–Kier alpha value is 0. The third-order valence-corrected chi connectivity index (χ3v) is 3.18. The molecule has 0 N–H and O–H groups in total. The molecule has 0 aromatic heterocycles. The van der Waals surface area contributed by atoms with E-state index in [1.54, 1.807) is 0 Å². The lowest BCUT2D eigenvalue weighted by Crippen LogP contribution is -2.00. The molecule has 0 heteroatoms. The van der Waals surface area contributed by atoms with E-state index in [1.807, 2.05) is 0 Å². The molecule has 0 aliphatic rings. The van der Waals surface area contributed by atoms with Crippen molar-refractivity contribution in [1.82, 2.24) is 0 Å². The highest BCUT2D eigenvalue weighted by Gasteiger charge is 2.01. The van der Waals surface area contributed by atoms with E-state index < -0.39 is 0 Å². The monoisotopic (exact) mass is 186 g/mol. The molecule has 0 aliphatic carbocycles. The molecule has 0 nitrogen and oxygen atoms in total. The molecule has 82 valence electrons. The van der Waals surface area contributed by atoms with Gasteiger partial charge in [0.25, 0.3) is 0 Å². The third kappa shape index (κ3) is 12.0. The van der Waals surface area contributed by atoms with Gasteiger partial charge in [-0.15, -0.1) is 0 Å². The van der Waals surface area contributed by atoms with E-state index >= 15 is 0 Å². The molecule has 0 aromatic rings. The van der Waals surface area contributed by atoms with Crippen LogP contribution >= 0.6 is 0 Å². The maximum Gasteiger partial charge on any atom is -0.0422 e. The predicted octanol–water partition coefficient (Wildman–Crippen LogP) is 5.13. The standard InChI is InChI=1S/C7H16.C6H14/c1-5-7(4)6(2)3;1-4-6(3)5-2/h6-7H,5H2,1-4H3;6H,4-5H2,1-3H3. The molecule has 1 unspecified atom stereocenters. The van der Waals surface area contributed by atoms with Crippen LogP contribution < -0.4 is 0 Å². The first-order valence-corrected chi connectivity index (χ1v) is 5.99. The summed E-state index contributed by atoms with van der Waals surface area (Å²) in [6, 6.07) is 0. The Morgan fingerprint density at radius 3 is 1.08 bits per heavy atom. The smallest absolute Gasteiger partial charge is 0.0422 e. The quantitative estimate of drug-likeness (QED) is 0.571. The summed E-state index contributed by atoms with van der Waals surface area (Å²) < 4.78 is 0. The first-order valence-electron chi connectivity index (χ1n) is 5.99. The van der Waals surface area contributed by atoms with Gasteiger partial charge >= 0.3 is 0 Å². The van der Waals surface area contributed by atoms with E-state index in [4.69, 9.17) is 0 Å². The lowest BCUT2D eigenvalue weighted by Gasteiger charge is -2.10. The zero-order valence-electron chi connectivity index (χ0n) is 10.9. The molecule has 13 heavy (non-hydrogen) atoms. The molecule has 0 radical (unpaired) electrons. The largest absolute Gasteiger partial charge is 0.0651 e. The number of rotatable bonds is 4. The van der Waals surface area contributed by atoms with Gasteiger partial charge in [0.15, 0.2) is 0 Å². The van der Waals surface area contributed by atoms with Gasteiger partial charge in [-0.1, -0.05) is 67.7 Å². The lowest BCUT2D eigenvalue weighted by molar-refractivity contribution is 0.407. The summed E-state index contributed by atoms with van der Waals surface area (Å²) in [5.41, 5.74) is 0. The number of hydrogen-bond acceptors (Lipinski definition) is 0. The molecule has 0 heterocycles. The molecule has 0 aromatic carbocycles. The van der Waals surface area contributed by atoms with Crippen molar-refractivity contribution in [3.8, 4) is 0 Å². The van der Waals surface area contributed by atoms with Gasteiger partial charge in [-0.05, 0) is 17.8 Å². The van der Waals surface area contributed by atoms with E-state index in [0.29, 0.717) is 0 Å². The van der Waals surface area contributed by atoms with Crippen molar-refractivity contribution >= 4 is 0 Å². The first kappa shape index (κ1) is 15.5. The maximum atomic E-state index is 2.30. The average molecular weight is 186 g/mol. The van der Waals surface area contributed by atoms with Crippen LogP contribution in [0.25, 0.3) is 0 Å². The summed E-state index contributed by atoms with van der Waals surface area (Å²) in [6.45, 7) is 15.8. The van der Waals surface area contributed by atoms with Crippen LogP contribution in [0.1, 0.15) is 67.7 Å². The van der Waals surface area contributed by atoms with Gasteiger partial charge in [-0.2, -0.15) is 0 Å². The molecule has 0 bridgehead atoms. The molecule has 1 atom stereocenters. The Kier molecular flexibility index (Phi) is 12.0. The van der Waals surface area contributed by atoms with Crippen molar-refractivity contribution < 1.29 is 0 Å². The summed E-state index contributed by atoms with van der Waals surface area (Å²) in [7, 11) is 0. The predicted molar refractivity (Wildman–Crippen MR) is 64.0 cm³/mol. The zero-order valence-corrected chi connectivity index (χ0v) is 10.9. The highest BCUT2D eigenvalue weighted by molar-refractivity contribution is 4.52. The minimum absolute atomic E-state index is 0.866. The van der Waals surface area contributed by atoms with Crippen LogP contribution in [0.2, 0.25) is 0 Å². The second kappa shape index (κ2) is 10.1.